The molecule has 0 unspecified atom stereocenters. The third-order valence-corrected chi connectivity index (χ3v) is 3.63. The van der Waals surface area contributed by atoms with Crippen molar-refractivity contribution in [3.8, 4) is 0 Å². The van der Waals surface area contributed by atoms with Crippen molar-refractivity contribution < 1.29 is 40.7 Å². The molecule has 2 N–H and O–H groups in total. The summed E-state index contributed by atoms with van der Waals surface area (Å²) in [5.41, 5.74) is 0. The van der Waals surface area contributed by atoms with Crippen LogP contribution in [0.1, 0.15) is 10.6 Å². The van der Waals surface area contributed by atoms with E-state index in [0.29, 0.717) is 6.07 Å². The minimum Gasteiger partial charge on any atom is -0.475 e. The van der Waals surface area contributed by atoms with Gasteiger partial charge in [0, 0.05) is 6.07 Å². The summed E-state index contributed by atoms with van der Waals surface area (Å²) in [6, 6.07) is 0.617. The van der Waals surface area contributed by atoms with Crippen molar-refractivity contribution in [2.75, 3.05) is 6.61 Å². The molecule has 0 fully saturated rings. The van der Waals surface area contributed by atoms with Crippen LogP contribution in [-0.2, 0) is 14.9 Å². The van der Waals surface area contributed by atoms with Gasteiger partial charge in [0.25, 0.3) is 10.0 Å². The Hall–Kier alpha value is -1.11. The lowest BCUT2D eigenvalue weighted by Gasteiger charge is -2.07. The zero-order chi connectivity index (χ0) is 14.8. The van der Waals surface area contributed by atoms with Crippen LogP contribution >= 0.6 is 15.9 Å². The lowest BCUT2D eigenvalue weighted by atomic mass is 10.5. The molecule has 0 aromatic carbocycles. The molecule has 12 heteroatoms. The maximum Gasteiger partial charge on any atom is 0.413 e. The Bertz CT molecular complexity index is 580. The quantitative estimate of drug-likeness (QED) is 0.764. The van der Waals surface area contributed by atoms with E-state index in [4.69, 9.17) is 5.11 Å². The van der Waals surface area contributed by atoms with Crippen molar-refractivity contribution in [2.45, 2.75) is 11.1 Å². The summed E-state index contributed by atoms with van der Waals surface area (Å²) in [5.74, 6) is -2.25. The average molecular weight is 368 g/mol. The summed E-state index contributed by atoms with van der Waals surface area (Å²) in [4.78, 5) is 14.8. The molecule has 0 saturated carbocycles. The van der Waals surface area contributed by atoms with Gasteiger partial charge >= 0.3 is 12.1 Å². The largest absolute Gasteiger partial charge is 0.475 e. The lowest BCUT2D eigenvalue weighted by molar-refractivity contribution is -0.181. The van der Waals surface area contributed by atoms with Gasteiger partial charge in [-0.05, 0) is 15.9 Å². The van der Waals surface area contributed by atoms with Crippen molar-refractivity contribution in [1.29, 1.82) is 0 Å². The second kappa shape index (κ2) is 5.48. The van der Waals surface area contributed by atoms with Crippen LogP contribution in [0.25, 0.3) is 0 Å². The maximum atomic E-state index is 11.8. The van der Waals surface area contributed by atoms with Gasteiger partial charge < -0.3 is 9.52 Å². The van der Waals surface area contributed by atoms with Gasteiger partial charge in [-0.15, -0.1) is 0 Å². The number of hydrogen-bond donors (Lipinski definition) is 2. The number of furan rings is 1. The summed E-state index contributed by atoms with van der Waals surface area (Å²) in [6.45, 7) is -1.84. The molecule has 1 heterocycles. The van der Waals surface area contributed by atoms with E-state index in [0.717, 1.165) is 0 Å². The van der Waals surface area contributed by atoms with Gasteiger partial charge in [-0.2, -0.15) is 13.2 Å². The molecule has 0 atom stereocenters. The number of nitrogens with one attached hydrogen (secondary N) is 1. The number of carboxylic acids is 1. The van der Waals surface area contributed by atoms with Crippen LogP contribution in [0.4, 0.5) is 13.2 Å². The Morgan fingerprint density at radius 3 is 2.53 bits per heavy atom. The van der Waals surface area contributed by atoms with Crippen LogP contribution in [0.2, 0.25) is 0 Å². The summed E-state index contributed by atoms with van der Waals surface area (Å²) in [6.07, 6.45) is -4.72. The van der Waals surface area contributed by atoms with Gasteiger partial charge in [-0.1, -0.05) is 4.89 Å². The van der Waals surface area contributed by atoms with E-state index in [1.54, 1.807) is 0 Å². The van der Waals surface area contributed by atoms with Crippen LogP contribution < -0.4 is 4.89 Å². The number of halogens is 4. The van der Waals surface area contributed by atoms with E-state index in [-0.39, 0.29) is 0 Å². The Labute approximate surface area is 112 Å². The zero-order valence-corrected chi connectivity index (χ0v) is 11.1. The Balaban J connectivity index is 2.86. The molecule has 0 spiro atoms. The number of carboxylic acid groups (broad SMARTS) is 1. The molecule has 0 amide bonds. The topological polar surface area (TPSA) is 106 Å². The SMILES string of the molecule is O=C(O)c1cc(S(=O)(=O)NOCC(F)(F)F)c(Br)o1. The molecule has 1 aromatic rings. The van der Waals surface area contributed by atoms with Crippen LogP contribution in [0.5, 0.6) is 0 Å². The molecule has 7 nitrogen and oxygen atoms in total. The van der Waals surface area contributed by atoms with Gasteiger partial charge in [0.05, 0.1) is 0 Å². The molecule has 0 saturated heterocycles. The van der Waals surface area contributed by atoms with E-state index >= 15 is 0 Å². The van der Waals surface area contributed by atoms with Gasteiger partial charge in [-0.25, -0.2) is 13.2 Å². The number of alkyl halides is 3. The van der Waals surface area contributed by atoms with E-state index in [1.807, 2.05) is 0 Å². The minimum absolute atomic E-state index is 0.479. The van der Waals surface area contributed by atoms with Gasteiger partial charge in [-0.3, -0.25) is 4.84 Å². The van der Waals surface area contributed by atoms with Crippen molar-refractivity contribution in [1.82, 2.24) is 4.89 Å². The van der Waals surface area contributed by atoms with E-state index < -0.39 is 44.1 Å². The van der Waals surface area contributed by atoms with Gasteiger partial charge in [0.2, 0.25) is 5.76 Å². The van der Waals surface area contributed by atoms with Crippen molar-refractivity contribution in [3.63, 3.8) is 0 Å². The molecule has 0 bridgehead atoms. The fourth-order valence-electron chi connectivity index (χ4n) is 0.874. The highest BCUT2D eigenvalue weighted by Gasteiger charge is 2.30. The number of sulfonamides is 1. The van der Waals surface area contributed by atoms with Crippen LogP contribution in [0.15, 0.2) is 20.0 Å². The monoisotopic (exact) mass is 367 g/mol. The first-order valence-corrected chi connectivity index (χ1v) is 6.53. The maximum absolute atomic E-state index is 11.8. The molecule has 0 aliphatic heterocycles. The standard InChI is InChI=1S/C7H5BrF3NO6S/c8-5-4(1-3(18-5)6(13)14)19(15,16)12-17-2-7(9,10)11/h1,12H,2H2,(H,13,14). The molecule has 0 aliphatic rings. The number of hydrogen-bond acceptors (Lipinski definition) is 5. The minimum atomic E-state index is -4.72. The third-order valence-electron chi connectivity index (χ3n) is 1.56. The Kier molecular flexibility index (Phi) is 4.60. The first kappa shape index (κ1) is 15.9. The summed E-state index contributed by atoms with van der Waals surface area (Å²) in [7, 11) is -4.50. The van der Waals surface area contributed by atoms with Gasteiger partial charge in [0.1, 0.15) is 4.90 Å². The molecule has 0 radical (unpaired) electrons. The summed E-state index contributed by atoms with van der Waals surface area (Å²) in [5, 5.41) is 8.56. The lowest BCUT2D eigenvalue weighted by Crippen LogP contribution is -2.29. The van der Waals surface area contributed by atoms with Gasteiger partial charge in [0.15, 0.2) is 11.3 Å². The number of carbonyl (C=O) groups is 1. The predicted octanol–water partition coefficient (Wildman–Crippen LogP) is 1.51. The fourth-order valence-corrected chi connectivity index (χ4v) is 2.62. The van der Waals surface area contributed by atoms with Crippen molar-refractivity contribution in [3.05, 3.63) is 16.5 Å². The number of aromatic carboxylic acids is 1. The van der Waals surface area contributed by atoms with Crippen LogP contribution in [0, 0.1) is 0 Å². The van der Waals surface area contributed by atoms with Crippen LogP contribution in [0.3, 0.4) is 0 Å². The first-order chi connectivity index (χ1) is 8.53. The Morgan fingerprint density at radius 2 is 2.11 bits per heavy atom. The van der Waals surface area contributed by atoms with Crippen LogP contribution in [-0.4, -0.2) is 32.3 Å². The zero-order valence-electron chi connectivity index (χ0n) is 8.69. The second-order valence-electron chi connectivity index (χ2n) is 3.04. The molecular weight excluding hydrogens is 363 g/mol. The highest BCUT2D eigenvalue weighted by molar-refractivity contribution is 9.10. The molecule has 19 heavy (non-hydrogen) atoms. The predicted molar refractivity (Wildman–Crippen MR) is 55.7 cm³/mol. The molecule has 108 valence electrons. The summed E-state index contributed by atoms with van der Waals surface area (Å²) < 4.78 is 62.3. The van der Waals surface area contributed by atoms with Crippen molar-refractivity contribution in [2.24, 2.45) is 0 Å². The fraction of sp³-hybridized carbons (Fsp3) is 0.286. The molecular formula is C7H5BrF3NO6S. The van der Waals surface area contributed by atoms with E-state index in [9.17, 15) is 26.4 Å². The summed E-state index contributed by atoms with van der Waals surface area (Å²) >= 11 is 2.63. The first-order valence-electron chi connectivity index (χ1n) is 4.26. The second-order valence-corrected chi connectivity index (χ2v) is 5.38. The highest BCUT2D eigenvalue weighted by Crippen LogP contribution is 2.26. The Morgan fingerprint density at radius 1 is 1.53 bits per heavy atom. The highest BCUT2D eigenvalue weighted by atomic mass is 79.9. The third kappa shape index (κ3) is 4.49. The molecule has 1 rings (SSSR count). The number of rotatable bonds is 5. The van der Waals surface area contributed by atoms with Crippen molar-refractivity contribution >= 4 is 31.9 Å². The average Bonchev–Trinajstić information content (AvgIpc) is 2.58. The molecule has 1 aromatic heterocycles. The smallest absolute Gasteiger partial charge is 0.413 e. The van der Waals surface area contributed by atoms with E-state index in [1.165, 1.54) is 4.89 Å². The molecule has 0 aliphatic carbocycles. The van der Waals surface area contributed by atoms with E-state index in [2.05, 4.69) is 25.2 Å². The normalized spacial score (nSPS) is 12.6.